The number of carbonyl (C=O) groups is 1. The van der Waals surface area contributed by atoms with Crippen molar-refractivity contribution in [3.05, 3.63) is 16.8 Å². The number of aryl methyl sites for hydroxylation is 1. The van der Waals surface area contributed by atoms with E-state index < -0.39 is 11.7 Å². The summed E-state index contributed by atoms with van der Waals surface area (Å²) in [6.07, 6.45) is -0.563. The molecule has 6 heteroatoms. The van der Waals surface area contributed by atoms with Gasteiger partial charge in [0, 0.05) is 0 Å². The molecule has 0 atom stereocenters. The van der Waals surface area contributed by atoms with Crippen molar-refractivity contribution in [1.29, 1.82) is 0 Å². The van der Waals surface area contributed by atoms with Crippen LogP contribution in [0.4, 0.5) is 10.6 Å². The number of carbonyl (C=O) groups excluding carboxylic acids is 1. The van der Waals surface area contributed by atoms with E-state index in [0.717, 1.165) is 5.56 Å². The van der Waals surface area contributed by atoms with E-state index in [0.29, 0.717) is 5.82 Å². The van der Waals surface area contributed by atoms with Gasteiger partial charge in [0.15, 0.2) is 11.0 Å². The Morgan fingerprint density at radius 2 is 2.06 bits per heavy atom. The minimum Gasteiger partial charge on any atom is -0.444 e. The number of amides is 1. The maximum absolute atomic E-state index is 11.4. The number of nitrogens with one attached hydrogen (secondary N) is 1. The zero-order valence-corrected chi connectivity index (χ0v) is 10.4. The van der Waals surface area contributed by atoms with E-state index in [4.69, 9.17) is 16.3 Å². The quantitative estimate of drug-likeness (QED) is 0.824. The molecule has 0 unspecified atom stereocenters. The Bertz CT molecular complexity index is 402. The molecule has 0 bridgehead atoms. The van der Waals surface area contributed by atoms with Crippen LogP contribution in [0.15, 0.2) is 6.07 Å². The van der Waals surface area contributed by atoms with Crippen molar-refractivity contribution in [2.24, 2.45) is 0 Å². The molecule has 1 aromatic rings. The second-order valence-electron chi connectivity index (χ2n) is 4.33. The first-order chi connectivity index (χ1) is 7.28. The average Bonchev–Trinajstić information content (AvgIpc) is 2.06. The average molecular weight is 244 g/mol. The van der Waals surface area contributed by atoms with Gasteiger partial charge >= 0.3 is 6.09 Å². The number of halogens is 1. The van der Waals surface area contributed by atoms with Crippen molar-refractivity contribution < 1.29 is 9.53 Å². The molecule has 1 aromatic heterocycles. The third-order valence-electron chi connectivity index (χ3n) is 1.57. The largest absolute Gasteiger partial charge is 0.444 e. The van der Waals surface area contributed by atoms with E-state index in [-0.39, 0.29) is 5.15 Å². The second-order valence-corrected chi connectivity index (χ2v) is 4.71. The van der Waals surface area contributed by atoms with Crippen LogP contribution in [0.2, 0.25) is 5.15 Å². The lowest BCUT2D eigenvalue weighted by Gasteiger charge is -2.19. The lowest BCUT2D eigenvalue weighted by molar-refractivity contribution is 0.0635. The zero-order chi connectivity index (χ0) is 12.3. The van der Waals surface area contributed by atoms with Crippen LogP contribution in [0.1, 0.15) is 26.3 Å². The van der Waals surface area contributed by atoms with Crippen molar-refractivity contribution in [3.8, 4) is 0 Å². The van der Waals surface area contributed by atoms with Crippen LogP contribution in [0.5, 0.6) is 0 Å². The van der Waals surface area contributed by atoms with Crippen molar-refractivity contribution in [1.82, 2.24) is 10.2 Å². The smallest absolute Gasteiger partial charge is 0.413 e. The highest BCUT2D eigenvalue weighted by atomic mass is 35.5. The SMILES string of the molecule is Cc1cc(Cl)nnc1NC(=O)OC(C)(C)C. The summed E-state index contributed by atoms with van der Waals surface area (Å²) in [5.41, 5.74) is 0.184. The van der Waals surface area contributed by atoms with Crippen LogP contribution in [-0.2, 0) is 4.74 Å². The van der Waals surface area contributed by atoms with E-state index in [2.05, 4.69) is 15.5 Å². The summed E-state index contributed by atoms with van der Waals surface area (Å²) in [5, 5.41) is 10.2. The number of rotatable bonds is 1. The van der Waals surface area contributed by atoms with Gasteiger partial charge in [-0.2, -0.15) is 0 Å². The fourth-order valence-corrected chi connectivity index (χ4v) is 1.18. The molecular weight excluding hydrogens is 230 g/mol. The number of hydrogen-bond donors (Lipinski definition) is 1. The molecule has 0 fully saturated rings. The zero-order valence-electron chi connectivity index (χ0n) is 9.67. The summed E-state index contributed by atoms with van der Waals surface area (Å²) in [5.74, 6) is 0.346. The van der Waals surface area contributed by atoms with Crippen LogP contribution >= 0.6 is 11.6 Å². The first-order valence-corrected chi connectivity index (χ1v) is 5.15. The number of aromatic nitrogens is 2. The molecule has 1 rings (SSSR count). The summed E-state index contributed by atoms with van der Waals surface area (Å²) in [6, 6.07) is 1.61. The van der Waals surface area contributed by atoms with E-state index in [1.54, 1.807) is 33.8 Å². The van der Waals surface area contributed by atoms with Crippen molar-refractivity contribution in [2.75, 3.05) is 5.32 Å². The molecule has 0 aliphatic rings. The van der Waals surface area contributed by atoms with E-state index in [1.165, 1.54) is 0 Å². The Hall–Kier alpha value is -1.36. The highest BCUT2D eigenvalue weighted by molar-refractivity contribution is 6.29. The highest BCUT2D eigenvalue weighted by Gasteiger charge is 2.17. The monoisotopic (exact) mass is 243 g/mol. The van der Waals surface area contributed by atoms with Gasteiger partial charge in [-0.05, 0) is 39.3 Å². The first-order valence-electron chi connectivity index (χ1n) is 4.78. The van der Waals surface area contributed by atoms with Gasteiger partial charge in [0.25, 0.3) is 0 Å². The van der Waals surface area contributed by atoms with Gasteiger partial charge in [-0.1, -0.05) is 11.6 Å². The summed E-state index contributed by atoms with van der Waals surface area (Å²) in [7, 11) is 0. The molecule has 0 radical (unpaired) electrons. The molecule has 1 amide bonds. The number of ether oxygens (including phenoxy) is 1. The minimum atomic E-state index is -0.563. The van der Waals surface area contributed by atoms with Gasteiger partial charge in [-0.25, -0.2) is 4.79 Å². The van der Waals surface area contributed by atoms with Gasteiger partial charge in [0.2, 0.25) is 0 Å². The molecule has 0 saturated carbocycles. The third-order valence-corrected chi connectivity index (χ3v) is 1.76. The topological polar surface area (TPSA) is 64.1 Å². The lowest BCUT2D eigenvalue weighted by Crippen LogP contribution is -2.27. The number of anilines is 1. The van der Waals surface area contributed by atoms with Crippen molar-refractivity contribution >= 4 is 23.5 Å². The van der Waals surface area contributed by atoms with Gasteiger partial charge in [0.05, 0.1) is 0 Å². The maximum Gasteiger partial charge on any atom is 0.413 e. The summed E-state index contributed by atoms with van der Waals surface area (Å²) in [4.78, 5) is 11.4. The normalized spacial score (nSPS) is 11.1. The van der Waals surface area contributed by atoms with Gasteiger partial charge in [-0.3, -0.25) is 5.32 Å². The van der Waals surface area contributed by atoms with Crippen molar-refractivity contribution in [2.45, 2.75) is 33.3 Å². The molecule has 16 heavy (non-hydrogen) atoms. The summed E-state index contributed by atoms with van der Waals surface area (Å²) < 4.78 is 5.08. The number of nitrogens with zero attached hydrogens (tertiary/aromatic N) is 2. The molecule has 1 heterocycles. The molecule has 0 aromatic carbocycles. The van der Waals surface area contributed by atoms with Gasteiger partial charge < -0.3 is 4.74 Å². The third kappa shape index (κ3) is 4.02. The summed E-state index contributed by atoms with van der Waals surface area (Å²) in [6.45, 7) is 7.13. The van der Waals surface area contributed by atoms with Crippen LogP contribution in [-0.4, -0.2) is 21.9 Å². The Morgan fingerprint density at radius 1 is 1.44 bits per heavy atom. The molecule has 5 nitrogen and oxygen atoms in total. The summed E-state index contributed by atoms with van der Waals surface area (Å²) >= 11 is 5.64. The lowest BCUT2D eigenvalue weighted by atomic mass is 10.2. The van der Waals surface area contributed by atoms with Crippen molar-refractivity contribution in [3.63, 3.8) is 0 Å². The van der Waals surface area contributed by atoms with Crippen LogP contribution in [0, 0.1) is 6.92 Å². The van der Waals surface area contributed by atoms with Crippen LogP contribution in [0.3, 0.4) is 0 Å². The number of hydrogen-bond acceptors (Lipinski definition) is 4. The maximum atomic E-state index is 11.4. The Labute approximate surface area is 99.2 Å². The molecule has 0 aliphatic carbocycles. The van der Waals surface area contributed by atoms with E-state index >= 15 is 0 Å². The predicted molar refractivity (Wildman–Crippen MR) is 61.6 cm³/mol. The second kappa shape index (κ2) is 4.65. The van der Waals surface area contributed by atoms with Crippen LogP contribution < -0.4 is 5.32 Å². The Balaban J connectivity index is 2.70. The van der Waals surface area contributed by atoms with Gasteiger partial charge in [-0.15, -0.1) is 10.2 Å². The molecule has 1 N–H and O–H groups in total. The Morgan fingerprint density at radius 3 is 2.56 bits per heavy atom. The predicted octanol–water partition coefficient (Wildman–Crippen LogP) is 2.79. The van der Waals surface area contributed by atoms with E-state index in [9.17, 15) is 4.79 Å². The van der Waals surface area contributed by atoms with E-state index in [1.807, 2.05) is 0 Å². The Kier molecular flexibility index (Phi) is 3.70. The van der Waals surface area contributed by atoms with Gasteiger partial charge in [0.1, 0.15) is 5.60 Å². The molecule has 0 aliphatic heterocycles. The molecule has 0 saturated heterocycles. The fourth-order valence-electron chi connectivity index (χ4n) is 0.976. The first kappa shape index (κ1) is 12.7. The molecular formula is C10H14ClN3O2. The minimum absolute atomic E-state index is 0.284. The molecule has 88 valence electrons. The molecule has 0 spiro atoms. The van der Waals surface area contributed by atoms with Crippen LogP contribution in [0.25, 0.3) is 0 Å². The standard InChI is InChI=1S/C10H14ClN3O2/c1-6-5-7(11)13-14-8(6)12-9(15)16-10(2,3)4/h5H,1-4H3,(H,12,14,15). The highest BCUT2D eigenvalue weighted by Crippen LogP contribution is 2.15. The fraction of sp³-hybridized carbons (Fsp3) is 0.500.